The van der Waals surface area contributed by atoms with Crippen LogP contribution in [0.1, 0.15) is 5.56 Å². The molecule has 0 amide bonds. The molecule has 14 heavy (non-hydrogen) atoms. The smallest absolute Gasteiger partial charge is 0.0595 e. The number of benzene rings is 1. The Morgan fingerprint density at radius 1 is 1.29 bits per heavy atom. The largest absolute Gasteiger partial charge is 0.396 e. The van der Waals surface area contributed by atoms with Crippen LogP contribution in [0.15, 0.2) is 18.2 Å². The molecular weight excluding hydrogens is 221 g/mol. The second kappa shape index (κ2) is 5.56. The number of aliphatic hydroxyl groups is 1. The van der Waals surface area contributed by atoms with Gasteiger partial charge >= 0.3 is 0 Å². The van der Waals surface area contributed by atoms with Crippen LogP contribution in [0.3, 0.4) is 0 Å². The summed E-state index contributed by atoms with van der Waals surface area (Å²) in [6.45, 7) is 0.563. The van der Waals surface area contributed by atoms with Gasteiger partial charge in [0.25, 0.3) is 0 Å². The summed E-state index contributed by atoms with van der Waals surface area (Å²) in [7, 11) is 0. The average Bonchev–Trinajstić information content (AvgIpc) is 2.19. The zero-order chi connectivity index (χ0) is 10.6. The van der Waals surface area contributed by atoms with Crippen LogP contribution >= 0.6 is 23.2 Å². The Morgan fingerprint density at radius 3 is 2.50 bits per heavy atom. The van der Waals surface area contributed by atoms with Crippen molar-refractivity contribution in [1.29, 1.82) is 0 Å². The third-order valence-corrected chi connectivity index (χ3v) is 2.84. The van der Waals surface area contributed by atoms with Gasteiger partial charge in [-0.2, -0.15) is 0 Å². The molecule has 3 N–H and O–H groups in total. The first-order valence-electron chi connectivity index (χ1n) is 4.42. The average molecular weight is 234 g/mol. The molecule has 0 fully saturated rings. The van der Waals surface area contributed by atoms with Gasteiger partial charge in [-0.3, -0.25) is 0 Å². The monoisotopic (exact) mass is 233 g/mol. The lowest BCUT2D eigenvalue weighted by Crippen LogP contribution is -2.20. The first-order valence-corrected chi connectivity index (χ1v) is 5.17. The number of halogens is 2. The van der Waals surface area contributed by atoms with E-state index in [1.807, 2.05) is 12.1 Å². The standard InChI is InChI=1S/C10H13Cl2NO/c11-9-2-1-7(4-10(9)12)3-8(5-13)6-14/h1-2,4,8,14H,3,5-6,13H2/t8-/m0/s1. The molecule has 0 aliphatic heterocycles. The molecule has 0 unspecified atom stereocenters. The molecule has 1 aromatic carbocycles. The van der Waals surface area contributed by atoms with E-state index >= 15 is 0 Å². The molecule has 78 valence electrons. The molecule has 0 spiro atoms. The summed E-state index contributed by atoms with van der Waals surface area (Å²) in [5.41, 5.74) is 6.53. The minimum absolute atomic E-state index is 0.0900. The van der Waals surface area contributed by atoms with Crippen molar-refractivity contribution in [3.8, 4) is 0 Å². The van der Waals surface area contributed by atoms with E-state index in [2.05, 4.69) is 0 Å². The Morgan fingerprint density at radius 2 is 2.00 bits per heavy atom. The third kappa shape index (κ3) is 3.14. The molecule has 0 aliphatic carbocycles. The van der Waals surface area contributed by atoms with Crippen molar-refractivity contribution in [2.75, 3.05) is 13.2 Å². The number of rotatable bonds is 4. The molecule has 0 aliphatic rings. The quantitative estimate of drug-likeness (QED) is 0.837. The van der Waals surface area contributed by atoms with Gasteiger partial charge in [0.15, 0.2) is 0 Å². The number of aliphatic hydroxyl groups excluding tert-OH is 1. The van der Waals surface area contributed by atoms with E-state index in [1.54, 1.807) is 6.07 Å². The van der Waals surface area contributed by atoms with Crippen molar-refractivity contribution in [3.63, 3.8) is 0 Å². The Bertz CT molecular complexity index is 300. The molecular formula is C10H13Cl2NO. The van der Waals surface area contributed by atoms with Gasteiger partial charge in [-0.15, -0.1) is 0 Å². The predicted molar refractivity (Wildman–Crippen MR) is 59.8 cm³/mol. The van der Waals surface area contributed by atoms with Crippen LogP contribution < -0.4 is 5.73 Å². The highest BCUT2D eigenvalue weighted by Crippen LogP contribution is 2.23. The van der Waals surface area contributed by atoms with E-state index in [4.69, 9.17) is 34.0 Å². The molecule has 0 heterocycles. The topological polar surface area (TPSA) is 46.2 Å². The Hall–Kier alpha value is -0.280. The highest BCUT2D eigenvalue weighted by atomic mass is 35.5. The van der Waals surface area contributed by atoms with Crippen molar-refractivity contribution in [3.05, 3.63) is 33.8 Å². The molecule has 1 aromatic rings. The molecule has 2 nitrogen and oxygen atoms in total. The highest BCUT2D eigenvalue weighted by Gasteiger charge is 2.07. The van der Waals surface area contributed by atoms with E-state index in [9.17, 15) is 0 Å². The zero-order valence-electron chi connectivity index (χ0n) is 7.71. The Balaban J connectivity index is 2.72. The zero-order valence-corrected chi connectivity index (χ0v) is 9.22. The molecule has 0 bridgehead atoms. The van der Waals surface area contributed by atoms with Crippen LogP contribution in [0, 0.1) is 5.92 Å². The molecule has 1 rings (SSSR count). The number of nitrogens with two attached hydrogens (primary N) is 1. The summed E-state index contributed by atoms with van der Waals surface area (Å²) in [5.74, 6) is 0.0900. The molecule has 0 radical (unpaired) electrons. The van der Waals surface area contributed by atoms with E-state index < -0.39 is 0 Å². The minimum Gasteiger partial charge on any atom is -0.396 e. The summed E-state index contributed by atoms with van der Waals surface area (Å²) < 4.78 is 0. The third-order valence-electron chi connectivity index (χ3n) is 2.10. The summed E-state index contributed by atoms with van der Waals surface area (Å²) in [5, 5.41) is 10.1. The van der Waals surface area contributed by atoms with E-state index in [0.29, 0.717) is 16.6 Å². The molecule has 0 aromatic heterocycles. The SMILES string of the molecule is NC[C@@H](CO)Cc1ccc(Cl)c(Cl)c1. The molecule has 1 atom stereocenters. The lowest BCUT2D eigenvalue weighted by molar-refractivity contribution is 0.230. The van der Waals surface area contributed by atoms with Crippen LogP contribution in [0.2, 0.25) is 10.0 Å². The summed E-state index contributed by atoms with van der Waals surface area (Å²) in [6, 6.07) is 5.46. The first-order chi connectivity index (χ1) is 6.67. The molecule has 0 saturated carbocycles. The normalized spacial score (nSPS) is 12.9. The van der Waals surface area contributed by atoms with Gasteiger partial charge in [0.1, 0.15) is 0 Å². The maximum absolute atomic E-state index is 8.97. The van der Waals surface area contributed by atoms with Gasteiger partial charge in [-0.1, -0.05) is 29.3 Å². The van der Waals surface area contributed by atoms with Crippen LogP contribution in [-0.4, -0.2) is 18.3 Å². The van der Waals surface area contributed by atoms with Gasteiger partial charge in [0.2, 0.25) is 0 Å². The fourth-order valence-electron chi connectivity index (χ4n) is 1.22. The second-order valence-electron chi connectivity index (χ2n) is 3.24. The van der Waals surface area contributed by atoms with Gasteiger partial charge < -0.3 is 10.8 Å². The summed E-state index contributed by atoms with van der Waals surface area (Å²) in [6.07, 6.45) is 0.726. The van der Waals surface area contributed by atoms with Crippen LogP contribution in [0.5, 0.6) is 0 Å². The van der Waals surface area contributed by atoms with Crippen molar-refractivity contribution < 1.29 is 5.11 Å². The summed E-state index contributed by atoms with van der Waals surface area (Å²) in [4.78, 5) is 0. The highest BCUT2D eigenvalue weighted by molar-refractivity contribution is 6.42. The maximum Gasteiger partial charge on any atom is 0.0595 e. The van der Waals surface area contributed by atoms with Gasteiger partial charge in [0, 0.05) is 6.61 Å². The van der Waals surface area contributed by atoms with E-state index in [0.717, 1.165) is 12.0 Å². The lowest BCUT2D eigenvalue weighted by atomic mass is 10.0. The van der Waals surface area contributed by atoms with Crippen molar-refractivity contribution in [1.82, 2.24) is 0 Å². The fourth-order valence-corrected chi connectivity index (χ4v) is 1.54. The first kappa shape index (κ1) is 11.8. The summed E-state index contributed by atoms with van der Waals surface area (Å²) >= 11 is 11.6. The van der Waals surface area contributed by atoms with Crippen LogP contribution in [0.4, 0.5) is 0 Å². The minimum atomic E-state index is 0.0900. The Kier molecular flexibility index (Phi) is 4.69. The molecule has 4 heteroatoms. The second-order valence-corrected chi connectivity index (χ2v) is 4.05. The van der Waals surface area contributed by atoms with Gasteiger partial charge in [-0.25, -0.2) is 0 Å². The number of hydrogen-bond acceptors (Lipinski definition) is 2. The maximum atomic E-state index is 8.97. The lowest BCUT2D eigenvalue weighted by Gasteiger charge is -2.11. The number of hydrogen-bond donors (Lipinski definition) is 2. The van der Waals surface area contributed by atoms with Crippen LogP contribution in [-0.2, 0) is 6.42 Å². The molecule has 0 saturated heterocycles. The fraction of sp³-hybridized carbons (Fsp3) is 0.400. The predicted octanol–water partition coefficient (Wildman–Crippen LogP) is 2.10. The van der Waals surface area contributed by atoms with Crippen molar-refractivity contribution in [2.24, 2.45) is 11.7 Å². The van der Waals surface area contributed by atoms with Gasteiger partial charge in [-0.05, 0) is 36.6 Å². The Labute approximate surface area is 93.6 Å². The van der Waals surface area contributed by atoms with E-state index in [-0.39, 0.29) is 12.5 Å². The van der Waals surface area contributed by atoms with Crippen LogP contribution in [0.25, 0.3) is 0 Å². The van der Waals surface area contributed by atoms with E-state index in [1.165, 1.54) is 0 Å². The van der Waals surface area contributed by atoms with Gasteiger partial charge in [0.05, 0.1) is 10.0 Å². The van der Waals surface area contributed by atoms with Crippen molar-refractivity contribution >= 4 is 23.2 Å². The van der Waals surface area contributed by atoms with Crippen molar-refractivity contribution in [2.45, 2.75) is 6.42 Å².